The van der Waals surface area contributed by atoms with Crippen LogP contribution in [0.5, 0.6) is 0 Å². The molecule has 0 atom stereocenters. The summed E-state index contributed by atoms with van der Waals surface area (Å²) >= 11 is 0. The third-order valence-electron chi connectivity index (χ3n) is 6.42. The molecule has 37 heavy (non-hydrogen) atoms. The Hall–Kier alpha value is -3.77. The standard InChI is InChI=1S/C20H19FN6O2S.C2HF3O2/c1-12-8-27-15(7-24-18(27)17(23)25-12)13-2-3-14(21)16(6-13)30(28,29)26-20-5-4-19(9-20,10-20)11-22;3-2(4,5)1(6)7/h2-3,6-8,26H,4-5,9-10H2,1H3,(H2,23,25);(H,6,7). The molecule has 3 saturated carbocycles. The lowest BCUT2D eigenvalue weighted by atomic mass is 9.66. The summed E-state index contributed by atoms with van der Waals surface area (Å²) in [6.07, 6.45) is 0.376. The Kier molecular flexibility index (Phi) is 6.16. The van der Waals surface area contributed by atoms with Gasteiger partial charge in [-0.05, 0) is 50.8 Å². The van der Waals surface area contributed by atoms with E-state index in [2.05, 4.69) is 20.8 Å². The monoisotopic (exact) mass is 540 g/mol. The van der Waals surface area contributed by atoms with Crippen LogP contribution in [0.4, 0.5) is 23.4 Å². The first-order valence-electron chi connectivity index (χ1n) is 10.8. The van der Waals surface area contributed by atoms with Crippen LogP contribution in [0.15, 0.2) is 35.5 Å². The number of benzene rings is 1. The van der Waals surface area contributed by atoms with Crippen LogP contribution >= 0.6 is 0 Å². The first-order valence-corrected chi connectivity index (χ1v) is 12.2. The molecule has 2 bridgehead atoms. The number of nitriles is 1. The van der Waals surface area contributed by atoms with Crippen LogP contribution in [0.1, 0.15) is 31.4 Å². The highest BCUT2D eigenvalue weighted by Crippen LogP contribution is 2.61. The third-order valence-corrected chi connectivity index (χ3v) is 8.01. The molecule has 3 fully saturated rings. The molecule has 1 aromatic carbocycles. The van der Waals surface area contributed by atoms with E-state index in [1.165, 1.54) is 12.1 Å². The molecule has 3 aromatic rings. The van der Waals surface area contributed by atoms with Gasteiger partial charge in [-0.3, -0.25) is 4.40 Å². The van der Waals surface area contributed by atoms with E-state index in [1.807, 2.05) is 0 Å². The summed E-state index contributed by atoms with van der Waals surface area (Å²) in [7, 11) is -4.11. The minimum Gasteiger partial charge on any atom is -0.475 e. The van der Waals surface area contributed by atoms with Crippen molar-refractivity contribution in [2.45, 2.75) is 49.2 Å². The van der Waals surface area contributed by atoms with Crippen molar-refractivity contribution in [3.63, 3.8) is 0 Å². The fourth-order valence-corrected chi connectivity index (χ4v) is 6.43. The highest BCUT2D eigenvalue weighted by molar-refractivity contribution is 7.89. The molecule has 3 aliphatic rings. The lowest BCUT2D eigenvalue weighted by Crippen LogP contribution is -2.55. The summed E-state index contributed by atoms with van der Waals surface area (Å²) in [6.45, 7) is 1.78. The average molecular weight is 540 g/mol. The van der Waals surface area contributed by atoms with Gasteiger partial charge in [-0.1, -0.05) is 0 Å². The Morgan fingerprint density at radius 2 is 1.95 bits per heavy atom. The number of nitrogens with one attached hydrogen (secondary N) is 1. The molecule has 0 unspecified atom stereocenters. The number of fused-ring (bicyclic) bond motifs is 2. The van der Waals surface area contributed by atoms with Crippen molar-refractivity contribution >= 4 is 27.5 Å². The molecular weight excluding hydrogens is 520 g/mol. The summed E-state index contributed by atoms with van der Waals surface area (Å²) in [6, 6.07) is 6.22. The number of nitrogen functional groups attached to an aromatic ring is 1. The zero-order chi connectivity index (χ0) is 27.4. The van der Waals surface area contributed by atoms with Gasteiger partial charge in [0.1, 0.15) is 10.7 Å². The zero-order valence-electron chi connectivity index (χ0n) is 19.2. The molecule has 0 spiro atoms. The topological polar surface area (TPSA) is 163 Å². The van der Waals surface area contributed by atoms with Crippen molar-refractivity contribution in [3.8, 4) is 17.3 Å². The number of halogens is 4. The molecular formula is C22H20F4N6O4S. The number of aromatic nitrogens is 3. The predicted octanol–water partition coefficient (Wildman–Crippen LogP) is 3.17. The molecule has 4 N–H and O–H groups in total. The number of alkyl halides is 3. The van der Waals surface area contributed by atoms with E-state index in [-0.39, 0.29) is 5.82 Å². The van der Waals surface area contributed by atoms with Gasteiger partial charge in [0.25, 0.3) is 0 Å². The van der Waals surface area contributed by atoms with Crippen molar-refractivity contribution in [1.82, 2.24) is 19.1 Å². The highest BCUT2D eigenvalue weighted by Gasteiger charge is 2.62. The Balaban J connectivity index is 0.000000405. The van der Waals surface area contributed by atoms with E-state index >= 15 is 0 Å². The summed E-state index contributed by atoms with van der Waals surface area (Å²) in [4.78, 5) is 16.9. The smallest absolute Gasteiger partial charge is 0.475 e. The number of hydrogen-bond acceptors (Lipinski definition) is 7. The molecule has 3 aliphatic carbocycles. The first kappa shape index (κ1) is 26.3. The molecule has 0 aliphatic heterocycles. The molecule has 15 heteroatoms. The number of nitrogens with zero attached hydrogens (tertiary/aromatic N) is 4. The molecule has 196 valence electrons. The number of aryl methyl sites for hydroxylation is 1. The Labute approximate surface area is 207 Å². The van der Waals surface area contributed by atoms with E-state index in [0.29, 0.717) is 48.3 Å². The van der Waals surface area contributed by atoms with Crippen molar-refractivity contribution < 1.29 is 35.9 Å². The maximum Gasteiger partial charge on any atom is 0.490 e. The molecule has 0 amide bonds. The number of carboxylic acid groups (broad SMARTS) is 1. The second-order valence-corrected chi connectivity index (χ2v) is 10.8. The fraction of sp³-hybridized carbons (Fsp3) is 0.364. The van der Waals surface area contributed by atoms with E-state index in [1.54, 1.807) is 23.7 Å². The van der Waals surface area contributed by atoms with Crippen molar-refractivity contribution in [1.29, 1.82) is 5.26 Å². The minimum absolute atomic E-state index is 0.254. The van der Waals surface area contributed by atoms with Gasteiger partial charge in [-0.2, -0.15) is 18.4 Å². The van der Waals surface area contributed by atoms with Crippen LogP contribution in [0.2, 0.25) is 0 Å². The van der Waals surface area contributed by atoms with Crippen molar-refractivity contribution in [3.05, 3.63) is 42.1 Å². The van der Waals surface area contributed by atoms with Gasteiger partial charge in [0, 0.05) is 17.3 Å². The van der Waals surface area contributed by atoms with E-state index in [0.717, 1.165) is 6.07 Å². The van der Waals surface area contributed by atoms with Crippen LogP contribution in [0, 0.1) is 29.5 Å². The number of anilines is 1. The maximum atomic E-state index is 14.6. The van der Waals surface area contributed by atoms with Gasteiger partial charge in [-0.25, -0.2) is 32.3 Å². The number of rotatable bonds is 4. The molecule has 0 saturated heterocycles. The largest absolute Gasteiger partial charge is 0.490 e. The van der Waals surface area contributed by atoms with Gasteiger partial charge >= 0.3 is 12.1 Å². The van der Waals surface area contributed by atoms with Gasteiger partial charge < -0.3 is 10.8 Å². The van der Waals surface area contributed by atoms with Crippen molar-refractivity contribution in [2.75, 3.05) is 5.73 Å². The zero-order valence-corrected chi connectivity index (χ0v) is 20.0. The SMILES string of the molecule is Cc1cn2c(-c3ccc(F)c(S(=O)(=O)NC45CCC(C#N)(C4)C5)c3)cnc2c(N)n1.O=C(O)C(F)(F)F. The summed E-state index contributed by atoms with van der Waals surface area (Å²) in [5, 5.41) is 16.4. The lowest BCUT2D eigenvalue weighted by molar-refractivity contribution is -0.192. The van der Waals surface area contributed by atoms with Crippen LogP contribution < -0.4 is 10.5 Å². The lowest BCUT2D eigenvalue weighted by Gasteiger charge is -2.43. The van der Waals surface area contributed by atoms with Gasteiger partial charge in [-0.15, -0.1) is 0 Å². The third kappa shape index (κ3) is 4.81. The van der Waals surface area contributed by atoms with Gasteiger partial charge in [0.2, 0.25) is 10.0 Å². The highest BCUT2D eigenvalue weighted by atomic mass is 32.2. The normalized spacial score (nSPS) is 22.6. The van der Waals surface area contributed by atoms with Crippen LogP contribution in [0.3, 0.4) is 0 Å². The van der Waals surface area contributed by atoms with Gasteiger partial charge in [0.15, 0.2) is 11.5 Å². The Bertz CT molecular complexity index is 1560. The van der Waals surface area contributed by atoms with E-state index in [9.17, 15) is 31.2 Å². The van der Waals surface area contributed by atoms with Crippen LogP contribution in [-0.4, -0.2) is 45.6 Å². The molecule has 2 heterocycles. The molecule has 2 aromatic heterocycles. The fourth-order valence-electron chi connectivity index (χ4n) is 4.89. The number of imidazole rings is 1. The molecule has 0 radical (unpaired) electrons. The predicted molar refractivity (Wildman–Crippen MR) is 121 cm³/mol. The number of nitrogens with two attached hydrogens (primary N) is 1. The number of carbonyl (C=O) groups is 1. The second kappa shape index (κ2) is 8.67. The van der Waals surface area contributed by atoms with Crippen LogP contribution in [-0.2, 0) is 14.8 Å². The van der Waals surface area contributed by atoms with Crippen LogP contribution in [0.25, 0.3) is 16.9 Å². The molecule has 10 nitrogen and oxygen atoms in total. The maximum absolute atomic E-state index is 14.6. The van der Waals surface area contributed by atoms with Gasteiger partial charge in [0.05, 0.1) is 29.1 Å². The molecule has 6 rings (SSSR count). The average Bonchev–Trinajstić information content (AvgIpc) is 3.45. The second-order valence-electron chi connectivity index (χ2n) is 9.18. The summed E-state index contributed by atoms with van der Waals surface area (Å²) in [5.41, 5.74) is 6.99. The number of carboxylic acids is 1. The summed E-state index contributed by atoms with van der Waals surface area (Å²) < 4.78 is 76.8. The first-order chi connectivity index (χ1) is 17.1. The quantitative estimate of drug-likeness (QED) is 0.425. The Morgan fingerprint density at radius 3 is 2.51 bits per heavy atom. The van der Waals surface area contributed by atoms with Crippen molar-refractivity contribution in [2.24, 2.45) is 5.41 Å². The van der Waals surface area contributed by atoms with E-state index in [4.69, 9.17) is 15.6 Å². The minimum atomic E-state index is -5.08. The number of hydrogen-bond donors (Lipinski definition) is 3. The summed E-state index contributed by atoms with van der Waals surface area (Å²) in [5.74, 6) is -3.34. The van der Waals surface area contributed by atoms with E-state index < -0.39 is 43.8 Å². The number of aliphatic carboxylic acids is 1. The Morgan fingerprint density at radius 1 is 1.30 bits per heavy atom. The number of sulfonamides is 1.